The summed E-state index contributed by atoms with van der Waals surface area (Å²) in [5.74, 6) is 0.127. The Bertz CT molecular complexity index is 890. The molecule has 5 nitrogen and oxygen atoms in total. The van der Waals surface area contributed by atoms with Crippen molar-refractivity contribution in [2.75, 3.05) is 5.75 Å². The molecular formula is C22H27NO4S. The number of nitrogens with zero attached hydrogens (tertiary/aromatic N) is 1. The standard InChI is InChI=1S/C22H27NO4S/c1-4-18(3)23(22(24)16-13-19-9-7-6-8-10-19)17-20-11-14-21(15-12-20)27-28(25,26)5-2/h6-16,18H,4-5,17H2,1-3H3/b16-13+. The van der Waals surface area contributed by atoms with Crippen LogP contribution < -0.4 is 4.18 Å². The van der Waals surface area contributed by atoms with Crippen LogP contribution in [0, 0.1) is 0 Å². The van der Waals surface area contributed by atoms with Crippen LogP contribution in [-0.4, -0.2) is 31.0 Å². The quantitative estimate of drug-likeness (QED) is 0.465. The first-order chi connectivity index (χ1) is 13.3. The maximum absolute atomic E-state index is 12.7. The number of rotatable bonds is 9. The lowest BCUT2D eigenvalue weighted by molar-refractivity contribution is -0.128. The Hall–Kier alpha value is -2.60. The average Bonchev–Trinajstić information content (AvgIpc) is 2.71. The van der Waals surface area contributed by atoms with Gasteiger partial charge in [0.15, 0.2) is 0 Å². The molecule has 0 saturated heterocycles. The van der Waals surface area contributed by atoms with E-state index in [1.807, 2.05) is 50.3 Å². The molecule has 2 rings (SSSR count). The van der Waals surface area contributed by atoms with Crippen LogP contribution in [0.5, 0.6) is 5.75 Å². The van der Waals surface area contributed by atoms with Gasteiger partial charge in [-0.05, 0) is 49.6 Å². The van der Waals surface area contributed by atoms with Crippen molar-refractivity contribution in [3.05, 3.63) is 71.8 Å². The zero-order valence-electron chi connectivity index (χ0n) is 16.5. The Morgan fingerprint density at radius 3 is 2.29 bits per heavy atom. The molecule has 0 aliphatic heterocycles. The Labute approximate surface area is 167 Å². The lowest BCUT2D eigenvalue weighted by Gasteiger charge is -2.27. The summed E-state index contributed by atoms with van der Waals surface area (Å²) in [6, 6.07) is 16.5. The highest BCUT2D eigenvalue weighted by molar-refractivity contribution is 7.87. The number of carbonyl (C=O) groups excluding carboxylic acids is 1. The molecule has 0 aromatic heterocycles. The van der Waals surface area contributed by atoms with Crippen molar-refractivity contribution in [2.24, 2.45) is 0 Å². The predicted molar refractivity (Wildman–Crippen MR) is 112 cm³/mol. The molecule has 0 fully saturated rings. The third-order valence-electron chi connectivity index (χ3n) is 4.48. The zero-order chi connectivity index (χ0) is 20.6. The third kappa shape index (κ3) is 6.53. The highest BCUT2D eigenvalue weighted by atomic mass is 32.2. The van der Waals surface area contributed by atoms with Crippen molar-refractivity contribution in [2.45, 2.75) is 39.8 Å². The molecule has 150 valence electrons. The first kappa shape index (κ1) is 21.7. The molecular weight excluding hydrogens is 374 g/mol. The average molecular weight is 402 g/mol. The van der Waals surface area contributed by atoms with E-state index in [0.717, 1.165) is 17.5 Å². The minimum atomic E-state index is -3.55. The van der Waals surface area contributed by atoms with Crippen molar-refractivity contribution in [3.63, 3.8) is 0 Å². The van der Waals surface area contributed by atoms with E-state index in [1.165, 1.54) is 6.92 Å². The molecule has 0 aliphatic rings. The van der Waals surface area contributed by atoms with E-state index in [4.69, 9.17) is 4.18 Å². The van der Waals surface area contributed by atoms with Crippen LogP contribution in [0.1, 0.15) is 38.3 Å². The van der Waals surface area contributed by atoms with E-state index in [9.17, 15) is 13.2 Å². The molecule has 2 aromatic rings. The zero-order valence-corrected chi connectivity index (χ0v) is 17.4. The lowest BCUT2D eigenvalue weighted by Crippen LogP contribution is -2.36. The molecule has 0 bridgehead atoms. The van der Waals surface area contributed by atoms with Gasteiger partial charge in [-0.2, -0.15) is 8.42 Å². The Morgan fingerprint density at radius 2 is 1.71 bits per heavy atom. The van der Waals surface area contributed by atoms with Crippen LogP contribution in [-0.2, 0) is 21.5 Å². The monoisotopic (exact) mass is 401 g/mol. The van der Waals surface area contributed by atoms with Crippen LogP contribution in [0.25, 0.3) is 6.08 Å². The molecule has 0 heterocycles. The van der Waals surface area contributed by atoms with Crippen LogP contribution in [0.3, 0.4) is 0 Å². The van der Waals surface area contributed by atoms with Crippen molar-refractivity contribution in [1.82, 2.24) is 4.90 Å². The summed E-state index contributed by atoms with van der Waals surface area (Å²) >= 11 is 0. The fourth-order valence-electron chi connectivity index (χ4n) is 2.55. The first-order valence-corrected chi connectivity index (χ1v) is 11.0. The SMILES string of the molecule is CCC(C)N(Cc1ccc(OS(=O)(=O)CC)cc1)C(=O)/C=C/c1ccccc1. The molecule has 1 unspecified atom stereocenters. The van der Waals surface area contributed by atoms with Gasteiger partial charge < -0.3 is 9.08 Å². The van der Waals surface area contributed by atoms with Crippen molar-refractivity contribution < 1.29 is 17.4 Å². The van der Waals surface area contributed by atoms with Gasteiger partial charge in [0, 0.05) is 18.7 Å². The molecule has 28 heavy (non-hydrogen) atoms. The number of hydrogen-bond donors (Lipinski definition) is 0. The van der Waals surface area contributed by atoms with Gasteiger partial charge in [0.25, 0.3) is 0 Å². The molecule has 2 aromatic carbocycles. The molecule has 1 amide bonds. The summed E-state index contributed by atoms with van der Waals surface area (Å²) in [5, 5.41) is 0. The highest BCUT2D eigenvalue weighted by Gasteiger charge is 2.17. The van der Waals surface area contributed by atoms with E-state index in [1.54, 1.807) is 35.2 Å². The van der Waals surface area contributed by atoms with Gasteiger partial charge in [0.05, 0.1) is 5.75 Å². The van der Waals surface area contributed by atoms with Gasteiger partial charge in [-0.25, -0.2) is 0 Å². The fraction of sp³-hybridized carbons (Fsp3) is 0.318. The van der Waals surface area contributed by atoms with Gasteiger partial charge in [-0.15, -0.1) is 0 Å². The summed E-state index contributed by atoms with van der Waals surface area (Å²) in [6.45, 7) is 6.02. The largest absolute Gasteiger partial charge is 0.382 e. The van der Waals surface area contributed by atoms with E-state index >= 15 is 0 Å². The maximum atomic E-state index is 12.7. The summed E-state index contributed by atoms with van der Waals surface area (Å²) in [7, 11) is -3.55. The summed E-state index contributed by atoms with van der Waals surface area (Å²) in [4.78, 5) is 14.6. The normalized spacial score (nSPS) is 12.7. The van der Waals surface area contributed by atoms with E-state index < -0.39 is 10.1 Å². The van der Waals surface area contributed by atoms with Crippen molar-refractivity contribution >= 4 is 22.1 Å². The molecule has 0 aliphatic carbocycles. The maximum Gasteiger partial charge on any atom is 0.308 e. The molecule has 6 heteroatoms. The third-order valence-corrected chi connectivity index (χ3v) is 5.63. The van der Waals surface area contributed by atoms with Crippen LogP contribution in [0.15, 0.2) is 60.7 Å². The first-order valence-electron chi connectivity index (χ1n) is 9.39. The minimum Gasteiger partial charge on any atom is -0.382 e. The summed E-state index contributed by atoms with van der Waals surface area (Å²) in [5.41, 5.74) is 1.88. The van der Waals surface area contributed by atoms with Crippen molar-refractivity contribution in [1.29, 1.82) is 0 Å². The smallest absolute Gasteiger partial charge is 0.308 e. The Morgan fingerprint density at radius 1 is 1.07 bits per heavy atom. The fourth-order valence-corrected chi connectivity index (χ4v) is 3.07. The molecule has 0 radical (unpaired) electrons. The topological polar surface area (TPSA) is 63.7 Å². The van der Waals surface area contributed by atoms with E-state index in [0.29, 0.717) is 6.54 Å². The second-order valence-electron chi connectivity index (χ2n) is 6.54. The van der Waals surface area contributed by atoms with Crippen LogP contribution in [0.2, 0.25) is 0 Å². The minimum absolute atomic E-state index is 0.0629. The summed E-state index contributed by atoms with van der Waals surface area (Å²) in [6.07, 6.45) is 4.23. The second-order valence-corrected chi connectivity index (χ2v) is 8.40. The highest BCUT2D eigenvalue weighted by Crippen LogP contribution is 2.18. The molecule has 0 spiro atoms. The van der Waals surface area contributed by atoms with Gasteiger partial charge in [0.1, 0.15) is 5.75 Å². The lowest BCUT2D eigenvalue weighted by atomic mass is 10.1. The predicted octanol–water partition coefficient (Wildman–Crippen LogP) is 4.26. The van der Waals surface area contributed by atoms with Gasteiger partial charge >= 0.3 is 10.1 Å². The van der Waals surface area contributed by atoms with E-state index in [2.05, 4.69) is 0 Å². The molecule has 0 saturated carbocycles. The number of hydrogen-bond acceptors (Lipinski definition) is 4. The van der Waals surface area contributed by atoms with E-state index in [-0.39, 0.29) is 23.5 Å². The molecule has 1 atom stereocenters. The van der Waals surface area contributed by atoms with Gasteiger partial charge in [0.2, 0.25) is 5.91 Å². The van der Waals surface area contributed by atoms with Crippen LogP contribution >= 0.6 is 0 Å². The van der Waals surface area contributed by atoms with Crippen molar-refractivity contribution in [3.8, 4) is 5.75 Å². The van der Waals surface area contributed by atoms with Gasteiger partial charge in [-0.1, -0.05) is 49.4 Å². The van der Waals surface area contributed by atoms with Gasteiger partial charge in [-0.3, -0.25) is 4.79 Å². The number of carbonyl (C=O) groups is 1. The number of amides is 1. The Kier molecular flexibility index (Phi) is 7.81. The number of benzene rings is 2. The Balaban J connectivity index is 2.11. The second kappa shape index (κ2) is 10.1. The van der Waals surface area contributed by atoms with Crippen LogP contribution in [0.4, 0.5) is 0 Å². The molecule has 0 N–H and O–H groups in total. The summed E-state index contributed by atoms with van der Waals surface area (Å²) < 4.78 is 28.1.